The number of benzene rings is 1. The van der Waals surface area contributed by atoms with E-state index in [2.05, 4.69) is 22.6 Å². The molecule has 1 aliphatic heterocycles. The van der Waals surface area contributed by atoms with Gasteiger partial charge in [-0.1, -0.05) is 12.1 Å². The lowest BCUT2D eigenvalue weighted by Crippen LogP contribution is -2.41. The van der Waals surface area contributed by atoms with Crippen LogP contribution in [0.4, 0.5) is 5.69 Å². The first-order valence-electron chi connectivity index (χ1n) is 8.17. The molecule has 1 aromatic carbocycles. The van der Waals surface area contributed by atoms with Gasteiger partial charge >= 0.3 is 0 Å². The number of piperidine rings is 1. The molecule has 5 heteroatoms. The second-order valence-corrected chi connectivity index (χ2v) is 7.32. The standard InChI is InChI=1S/C18H27N3O2/c1-18(2,3)20-17(23)14-7-5-6-8-15(14)19-16(22)13-9-11-21(4)12-10-13/h5-8,13H,9-12H2,1-4H3,(H,19,22)(H,20,23). The summed E-state index contributed by atoms with van der Waals surface area (Å²) in [7, 11) is 2.07. The molecule has 0 saturated carbocycles. The predicted molar refractivity (Wildman–Crippen MR) is 92.5 cm³/mol. The van der Waals surface area contributed by atoms with E-state index in [1.54, 1.807) is 12.1 Å². The van der Waals surface area contributed by atoms with E-state index in [9.17, 15) is 9.59 Å². The quantitative estimate of drug-likeness (QED) is 0.900. The summed E-state index contributed by atoms with van der Waals surface area (Å²) in [5.41, 5.74) is 0.768. The van der Waals surface area contributed by atoms with Crippen LogP contribution in [0.15, 0.2) is 24.3 Å². The highest BCUT2D eigenvalue weighted by Gasteiger charge is 2.25. The molecule has 2 rings (SSSR count). The normalized spacial score (nSPS) is 16.9. The molecule has 0 radical (unpaired) electrons. The first kappa shape index (κ1) is 17.5. The minimum atomic E-state index is -0.317. The van der Waals surface area contributed by atoms with Crippen molar-refractivity contribution in [1.82, 2.24) is 10.2 Å². The Kier molecular flexibility index (Phi) is 5.42. The molecule has 0 aromatic heterocycles. The van der Waals surface area contributed by atoms with Gasteiger partial charge in [0.15, 0.2) is 0 Å². The topological polar surface area (TPSA) is 61.4 Å². The minimum absolute atomic E-state index is 0.00843. The first-order chi connectivity index (χ1) is 10.8. The Hall–Kier alpha value is -1.88. The fourth-order valence-electron chi connectivity index (χ4n) is 2.70. The second kappa shape index (κ2) is 7.13. The van der Waals surface area contributed by atoms with Gasteiger partial charge in [-0.15, -0.1) is 0 Å². The van der Waals surface area contributed by atoms with E-state index in [-0.39, 0.29) is 23.3 Å². The molecule has 0 bridgehead atoms. The Bertz CT molecular complexity index is 570. The van der Waals surface area contributed by atoms with E-state index < -0.39 is 0 Å². The van der Waals surface area contributed by atoms with E-state index in [4.69, 9.17) is 0 Å². The number of likely N-dealkylation sites (tertiary alicyclic amines) is 1. The highest BCUT2D eigenvalue weighted by atomic mass is 16.2. The number of amides is 2. The average molecular weight is 317 g/mol. The smallest absolute Gasteiger partial charge is 0.253 e. The molecule has 0 aliphatic carbocycles. The number of hydrogen-bond acceptors (Lipinski definition) is 3. The van der Waals surface area contributed by atoms with Crippen LogP contribution in [-0.4, -0.2) is 42.4 Å². The van der Waals surface area contributed by atoms with Crippen molar-refractivity contribution in [3.63, 3.8) is 0 Å². The number of nitrogens with one attached hydrogen (secondary N) is 2. The molecular formula is C18H27N3O2. The molecule has 0 spiro atoms. The monoisotopic (exact) mass is 317 g/mol. The van der Waals surface area contributed by atoms with Crippen molar-refractivity contribution in [1.29, 1.82) is 0 Å². The van der Waals surface area contributed by atoms with Crippen LogP contribution < -0.4 is 10.6 Å². The van der Waals surface area contributed by atoms with Crippen LogP contribution >= 0.6 is 0 Å². The number of hydrogen-bond donors (Lipinski definition) is 2. The molecule has 0 unspecified atom stereocenters. The lowest BCUT2D eigenvalue weighted by atomic mass is 9.96. The number of nitrogens with zero attached hydrogens (tertiary/aromatic N) is 1. The van der Waals surface area contributed by atoms with Crippen LogP contribution in [0.2, 0.25) is 0 Å². The van der Waals surface area contributed by atoms with Gasteiger partial charge in [-0.05, 0) is 65.9 Å². The van der Waals surface area contributed by atoms with Crippen molar-refractivity contribution in [2.75, 3.05) is 25.5 Å². The lowest BCUT2D eigenvalue weighted by molar-refractivity contribution is -0.121. The summed E-state index contributed by atoms with van der Waals surface area (Å²) < 4.78 is 0. The maximum atomic E-state index is 12.5. The van der Waals surface area contributed by atoms with Gasteiger partial charge in [-0.3, -0.25) is 9.59 Å². The van der Waals surface area contributed by atoms with Gasteiger partial charge in [0, 0.05) is 11.5 Å². The molecule has 2 amide bonds. The number of para-hydroxylation sites is 1. The molecule has 1 aliphatic rings. The molecule has 1 saturated heterocycles. The summed E-state index contributed by atoms with van der Waals surface area (Å²) in [6, 6.07) is 7.16. The van der Waals surface area contributed by atoms with Gasteiger partial charge in [-0.2, -0.15) is 0 Å². The number of anilines is 1. The summed E-state index contributed by atoms with van der Waals surface area (Å²) in [4.78, 5) is 27.1. The largest absolute Gasteiger partial charge is 0.347 e. The van der Waals surface area contributed by atoms with Gasteiger partial charge in [-0.25, -0.2) is 0 Å². The molecular weight excluding hydrogens is 290 g/mol. The summed E-state index contributed by atoms with van der Waals surface area (Å²) in [5, 5.41) is 5.88. The Morgan fingerprint density at radius 1 is 1.13 bits per heavy atom. The summed E-state index contributed by atoms with van der Waals surface area (Å²) >= 11 is 0. The van der Waals surface area contributed by atoms with E-state index in [0.29, 0.717) is 11.3 Å². The molecule has 1 fully saturated rings. The predicted octanol–water partition coefficient (Wildman–Crippen LogP) is 2.50. The zero-order valence-electron chi connectivity index (χ0n) is 14.5. The van der Waals surface area contributed by atoms with Crippen LogP contribution in [0.3, 0.4) is 0 Å². The molecule has 1 heterocycles. The maximum absolute atomic E-state index is 12.5. The third-order valence-corrected chi connectivity index (χ3v) is 4.01. The van der Waals surface area contributed by atoms with Gasteiger partial charge < -0.3 is 15.5 Å². The number of rotatable bonds is 3. The van der Waals surface area contributed by atoms with E-state index in [1.165, 1.54) is 0 Å². The van der Waals surface area contributed by atoms with Crippen molar-refractivity contribution in [2.24, 2.45) is 5.92 Å². The minimum Gasteiger partial charge on any atom is -0.347 e. The van der Waals surface area contributed by atoms with Crippen LogP contribution in [-0.2, 0) is 4.79 Å². The third kappa shape index (κ3) is 5.06. The number of carbonyl (C=O) groups is 2. The average Bonchev–Trinajstić information content (AvgIpc) is 2.46. The molecule has 1 aromatic rings. The van der Waals surface area contributed by atoms with Crippen LogP contribution in [0, 0.1) is 5.92 Å². The zero-order chi connectivity index (χ0) is 17.0. The fourth-order valence-corrected chi connectivity index (χ4v) is 2.70. The highest BCUT2D eigenvalue weighted by molar-refractivity contribution is 6.04. The molecule has 126 valence electrons. The van der Waals surface area contributed by atoms with Crippen molar-refractivity contribution >= 4 is 17.5 Å². The van der Waals surface area contributed by atoms with Gasteiger partial charge in [0.05, 0.1) is 11.3 Å². The Morgan fingerprint density at radius 2 is 1.74 bits per heavy atom. The molecule has 0 atom stereocenters. The molecule has 2 N–H and O–H groups in total. The SMILES string of the molecule is CN1CCC(C(=O)Nc2ccccc2C(=O)NC(C)(C)C)CC1. The van der Waals surface area contributed by atoms with Gasteiger partial charge in [0.1, 0.15) is 0 Å². The van der Waals surface area contributed by atoms with Crippen LogP contribution in [0.5, 0.6) is 0 Å². The lowest BCUT2D eigenvalue weighted by Gasteiger charge is -2.28. The Labute approximate surface area is 138 Å². The fraction of sp³-hybridized carbons (Fsp3) is 0.556. The van der Waals surface area contributed by atoms with Crippen molar-refractivity contribution < 1.29 is 9.59 Å². The van der Waals surface area contributed by atoms with Crippen molar-refractivity contribution in [3.8, 4) is 0 Å². The first-order valence-corrected chi connectivity index (χ1v) is 8.17. The summed E-state index contributed by atoms with van der Waals surface area (Å²) in [6.07, 6.45) is 1.72. The second-order valence-electron chi connectivity index (χ2n) is 7.32. The van der Waals surface area contributed by atoms with E-state index >= 15 is 0 Å². The van der Waals surface area contributed by atoms with Gasteiger partial charge in [0.2, 0.25) is 5.91 Å². The van der Waals surface area contributed by atoms with Crippen LogP contribution in [0.25, 0.3) is 0 Å². The molecule has 5 nitrogen and oxygen atoms in total. The Balaban J connectivity index is 2.08. The maximum Gasteiger partial charge on any atom is 0.253 e. The number of carbonyl (C=O) groups excluding carboxylic acids is 2. The van der Waals surface area contributed by atoms with E-state index in [0.717, 1.165) is 25.9 Å². The van der Waals surface area contributed by atoms with Gasteiger partial charge in [0.25, 0.3) is 5.91 Å². The van der Waals surface area contributed by atoms with Crippen LogP contribution in [0.1, 0.15) is 44.0 Å². The van der Waals surface area contributed by atoms with Crippen molar-refractivity contribution in [3.05, 3.63) is 29.8 Å². The summed E-state index contributed by atoms with van der Waals surface area (Å²) in [5.74, 6) is -0.143. The van der Waals surface area contributed by atoms with Crippen molar-refractivity contribution in [2.45, 2.75) is 39.2 Å². The third-order valence-electron chi connectivity index (χ3n) is 4.01. The highest BCUT2D eigenvalue weighted by Crippen LogP contribution is 2.21. The summed E-state index contributed by atoms with van der Waals surface area (Å²) in [6.45, 7) is 7.67. The Morgan fingerprint density at radius 3 is 2.35 bits per heavy atom. The van der Waals surface area contributed by atoms with E-state index in [1.807, 2.05) is 32.9 Å². The molecule has 23 heavy (non-hydrogen) atoms. The zero-order valence-corrected chi connectivity index (χ0v) is 14.5.